The van der Waals surface area contributed by atoms with Crippen LogP contribution < -0.4 is 5.32 Å². The Bertz CT molecular complexity index is 472. The number of hydrogen-bond donors (Lipinski definition) is 1. The molecule has 90 valence electrons. The Morgan fingerprint density at radius 3 is 2.88 bits per heavy atom. The fraction of sp³-hybridized carbons (Fsp3) is 0.417. The highest BCUT2D eigenvalue weighted by atomic mass is 79.9. The molecule has 0 amide bonds. The van der Waals surface area contributed by atoms with Crippen LogP contribution in [-0.2, 0) is 0 Å². The molecule has 0 saturated heterocycles. The zero-order valence-electron chi connectivity index (χ0n) is 9.12. The van der Waals surface area contributed by atoms with Gasteiger partial charge in [0.1, 0.15) is 0 Å². The Balaban J connectivity index is 1.68. The molecule has 1 aromatic rings. The van der Waals surface area contributed by atoms with Gasteiger partial charge in [-0.1, -0.05) is 27.7 Å². The molecule has 5 heteroatoms. The van der Waals surface area contributed by atoms with Gasteiger partial charge in [-0.25, -0.2) is 0 Å². The lowest BCUT2D eigenvalue weighted by molar-refractivity contribution is 0.773. The minimum Gasteiger partial charge on any atom is -0.334 e. The monoisotopic (exact) mass is 374 g/mol. The van der Waals surface area contributed by atoms with E-state index in [4.69, 9.17) is 0 Å². The fourth-order valence-electron chi connectivity index (χ4n) is 1.88. The molecule has 1 unspecified atom stereocenters. The van der Waals surface area contributed by atoms with Crippen LogP contribution in [0.25, 0.3) is 0 Å². The topological polar surface area (TPSA) is 24.4 Å². The summed E-state index contributed by atoms with van der Waals surface area (Å²) >= 11 is 8.92. The van der Waals surface area contributed by atoms with E-state index in [1.807, 2.05) is 23.9 Å². The van der Waals surface area contributed by atoms with E-state index in [1.54, 1.807) is 0 Å². The zero-order valence-corrected chi connectivity index (χ0v) is 13.1. The molecule has 1 fully saturated rings. The van der Waals surface area contributed by atoms with Crippen LogP contribution in [0.1, 0.15) is 12.8 Å². The summed E-state index contributed by atoms with van der Waals surface area (Å²) < 4.78 is 2.14. The molecule has 17 heavy (non-hydrogen) atoms. The Morgan fingerprint density at radius 2 is 2.12 bits per heavy atom. The zero-order chi connectivity index (χ0) is 11.8. The molecule has 3 rings (SSSR count). The summed E-state index contributed by atoms with van der Waals surface area (Å²) in [6.07, 6.45) is 2.78. The van der Waals surface area contributed by atoms with Crippen molar-refractivity contribution in [3.05, 3.63) is 27.1 Å². The van der Waals surface area contributed by atoms with Crippen LogP contribution in [0.3, 0.4) is 0 Å². The van der Waals surface area contributed by atoms with Crippen molar-refractivity contribution >= 4 is 54.5 Å². The first kappa shape index (κ1) is 12.1. The molecule has 1 aliphatic heterocycles. The van der Waals surface area contributed by atoms with Crippen molar-refractivity contribution in [2.75, 3.05) is 11.9 Å². The fourth-order valence-corrected chi connectivity index (χ4v) is 3.81. The number of hydrogen-bond acceptors (Lipinski definition) is 3. The largest absolute Gasteiger partial charge is 0.334 e. The number of nitrogens with one attached hydrogen (secondary N) is 1. The predicted molar refractivity (Wildman–Crippen MR) is 81.9 cm³/mol. The molecule has 2 aliphatic rings. The number of halogens is 2. The van der Waals surface area contributed by atoms with Gasteiger partial charge < -0.3 is 5.32 Å². The molecular weight excluding hydrogens is 364 g/mol. The first-order chi connectivity index (χ1) is 8.22. The van der Waals surface area contributed by atoms with Gasteiger partial charge in [-0.15, -0.1) is 0 Å². The number of anilines is 1. The summed E-state index contributed by atoms with van der Waals surface area (Å²) in [5.41, 5.74) is 1.07. The smallest absolute Gasteiger partial charge is 0.161 e. The number of aliphatic imine (C=N–C) groups is 1. The van der Waals surface area contributed by atoms with Crippen molar-refractivity contribution in [1.29, 1.82) is 0 Å². The molecule has 1 saturated carbocycles. The van der Waals surface area contributed by atoms with Crippen LogP contribution in [0.5, 0.6) is 0 Å². The van der Waals surface area contributed by atoms with Gasteiger partial charge in [0.15, 0.2) is 5.17 Å². The first-order valence-electron chi connectivity index (χ1n) is 5.65. The van der Waals surface area contributed by atoms with Crippen LogP contribution in [0, 0.1) is 5.92 Å². The molecule has 0 aromatic heterocycles. The van der Waals surface area contributed by atoms with E-state index < -0.39 is 0 Å². The van der Waals surface area contributed by atoms with Gasteiger partial charge in [-0.3, -0.25) is 4.99 Å². The third kappa shape index (κ3) is 2.88. The van der Waals surface area contributed by atoms with Crippen LogP contribution in [-0.4, -0.2) is 17.0 Å². The maximum absolute atomic E-state index is 4.58. The third-order valence-electron chi connectivity index (χ3n) is 3.00. The van der Waals surface area contributed by atoms with Gasteiger partial charge in [0, 0.05) is 14.2 Å². The quantitative estimate of drug-likeness (QED) is 0.822. The van der Waals surface area contributed by atoms with Gasteiger partial charge >= 0.3 is 0 Å². The molecule has 1 heterocycles. The Kier molecular flexibility index (Phi) is 3.50. The molecule has 0 spiro atoms. The van der Waals surface area contributed by atoms with Crippen molar-refractivity contribution in [3.8, 4) is 0 Å². The van der Waals surface area contributed by atoms with Gasteiger partial charge in [0.25, 0.3) is 0 Å². The Hall–Kier alpha value is -0.000000000000000111. The molecule has 0 bridgehead atoms. The number of thioether (sulfide) groups is 1. The van der Waals surface area contributed by atoms with Crippen molar-refractivity contribution in [3.63, 3.8) is 0 Å². The lowest BCUT2D eigenvalue weighted by Gasteiger charge is -2.09. The molecule has 0 radical (unpaired) electrons. The minimum absolute atomic E-state index is 0.712. The SMILES string of the molecule is Brc1ccc(Br)c(NC2=NCC(C3CC3)S2)c1. The lowest BCUT2D eigenvalue weighted by atomic mass is 10.3. The van der Waals surface area contributed by atoms with E-state index in [9.17, 15) is 0 Å². The van der Waals surface area contributed by atoms with E-state index in [2.05, 4.69) is 48.2 Å². The minimum atomic E-state index is 0.712. The van der Waals surface area contributed by atoms with Crippen molar-refractivity contribution in [2.45, 2.75) is 18.1 Å². The molecule has 1 atom stereocenters. The van der Waals surface area contributed by atoms with Crippen LogP contribution in [0.4, 0.5) is 5.69 Å². The third-order valence-corrected chi connectivity index (χ3v) is 5.47. The second-order valence-electron chi connectivity index (χ2n) is 4.39. The number of nitrogens with zero attached hydrogens (tertiary/aromatic N) is 1. The predicted octanol–water partition coefficient (Wildman–Crippen LogP) is 4.50. The molecular formula is C12H12Br2N2S. The van der Waals surface area contributed by atoms with Gasteiger partial charge in [0.2, 0.25) is 0 Å². The molecule has 1 N–H and O–H groups in total. The normalized spacial score (nSPS) is 23.6. The average molecular weight is 376 g/mol. The maximum atomic E-state index is 4.58. The van der Waals surface area contributed by atoms with Crippen LogP contribution in [0.15, 0.2) is 32.1 Å². The van der Waals surface area contributed by atoms with Crippen LogP contribution >= 0.6 is 43.6 Å². The Morgan fingerprint density at radius 1 is 1.29 bits per heavy atom. The summed E-state index contributed by atoms with van der Waals surface area (Å²) in [7, 11) is 0. The van der Waals surface area contributed by atoms with Crippen molar-refractivity contribution in [2.24, 2.45) is 10.9 Å². The molecule has 2 nitrogen and oxygen atoms in total. The van der Waals surface area contributed by atoms with Gasteiger partial charge in [-0.2, -0.15) is 0 Å². The highest BCUT2D eigenvalue weighted by molar-refractivity contribution is 9.11. The molecule has 1 aromatic carbocycles. The summed E-state index contributed by atoms with van der Waals surface area (Å²) in [6, 6.07) is 6.12. The lowest BCUT2D eigenvalue weighted by Crippen LogP contribution is -2.09. The maximum Gasteiger partial charge on any atom is 0.161 e. The standard InChI is InChI=1S/C12H12Br2N2S/c13-8-3-4-9(14)10(5-8)16-12-15-6-11(17-12)7-1-2-7/h3-5,7,11H,1-2,6H2,(H,15,16). The van der Waals surface area contributed by atoms with Crippen molar-refractivity contribution < 1.29 is 0 Å². The van der Waals surface area contributed by atoms with E-state index in [-0.39, 0.29) is 0 Å². The van der Waals surface area contributed by atoms with E-state index in [1.165, 1.54) is 12.8 Å². The molecule has 1 aliphatic carbocycles. The first-order valence-corrected chi connectivity index (χ1v) is 8.12. The van der Waals surface area contributed by atoms with Crippen LogP contribution in [0.2, 0.25) is 0 Å². The summed E-state index contributed by atoms with van der Waals surface area (Å²) in [5.74, 6) is 0.911. The summed E-state index contributed by atoms with van der Waals surface area (Å²) in [6.45, 7) is 0.975. The second kappa shape index (κ2) is 4.94. The highest BCUT2D eigenvalue weighted by Crippen LogP contribution is 2.42. The second-order valence-corrected chi connectivity index (χ2v) is 7.39. The average Bonchev–Trinajstić information content (AvgIpc) is 3.05. The number of benzene rings is 1. The number of amidine groups is 1. The van der Waals surface area contributed by atoms with Gasteiger partial charge in [-0.05, 0) is 52.9 Å². The summed E-state index contributed by atoms with van der Waals surface area (Å²) in [4.78, 5) is 4.58. The van der Waals surface area contributed by atoms with Crippen molar-refractivity contribution in [1.82, 2.24) is 0 Å². The van der Waals surface area contributed by atoms with E-state index in [0.717, 1.165) is 32.3 Å². The van der Waals surface area contributed by atoms with Gasteiger partial charge in [0.05, 0.1) is 12.2 Å². The summed E-state index contributed by atoms with van der Waals surface area (Å²) in [5, 5.41) is 5.17. The highest BCUT2D eigenvalue weighted by Gasteiger charge is 2.35. The van der Waals surface area contributed by atoms with E-state index >= 15 is 0 Å². The Labute approximate surface area is 122 Å². The van der Waals surface area contributed by atoms with E-state index in [0.29, 0.717) is 5.25 Å². The number of rotatable bonds is 2.